The standard InChI is InChI=1S/C12H10BrCl2NS/c1-6(2)11-10(16-12(13)17-11)7-3-4-8(14)9(15)5-7/h3-6H,1-2H3. The molecule has 0 saturated carbocycles. The summed E-state index contributed by atoms with van der Waals surface area (Å²) in [6, 6.07) is 5.61. The third kappa shape index (κ3) is 2.84. The van der Waals surface area contributed by atoms with Crippen LogP contribution in [0.1, 0.15) is 24.6 Å². The van der Waals surface area contributed by atoms with Crippen LogP contribution in [0.5, 0.6) is 0 Å². The molecule has 0 fully saturated rings. The van der Waals surface area contributed by atoms with E-state index in [2.05, 4.69) is 34.8 Å². The summed E-state index contributed by atoms with van der Waals surface area (Å²) in [5, 5.41) is 1.12. The van der Waals surface area contributed by atoms with Gasteiger partial charge in [0.25, 0.3) is 0 Å². The Morgan fingerprint density at radius 2 is 1.94 bits per heavy atom. The summed E-state index contributed by atoms with van der Waals surface area (Å²) in [7, 11) is 0. The van der Waals surface area contributed by atoms with E-state index < -0.39 is 0 Å². The van der Waals surface area contributed by atoms with Crippen molar-refractivity contribution in [2.24, 2.45) is 0 Å². The molecule has 0 spiro atoms. The average Bonchev–Trinajstić information content (AvgIpc) is 2.64. The van der Waals surface area contributed by atoms with E-state index in [-0.39, 0.29) is 0 Å². The highest BCUT2D eigenvalue weighted by molar-refractivity contribution is 9.11. The average molecular weight is 351 g/mol. The molecule has 2 rings (SSSR count). The molecule has 0 aliphatic carbocycles. The van der Waals surface area contributed by atoms with Crippen LogP contribution in [0.4, 0.5) is 0 Å². The summed E-state index contributed by atoms with van der Waals surface area (Å²) >= 11 is 17.0. The Hall–Kier alpha value is -0.0900. The molecule has 0 bridgehead atoms. The third-order valence-electron chi connectivity index (χ3n) is 2.34. The van der Waals surface area contributed by atoms with Gasteiger partial charge >= 0.3 is 0 Å². The first kappa shape index (κ1) is 13.3. The maximum Gasteiger partial charge on any atom is 0.160 e. The number of hydrogen-bond acceptors (Lipinski definition) is 2. The summed E-state index contributed by atoms with van der Waals surface area (Å²) < 4.78 is 0.891. The van der Waals surface area contributed by atoms with E-state index >= 15 is 0 Å². The number of benzene rings is 1. The van der Waals surface area contributed by atoms with Gasteiger partial charge < -0.3 is 0 Å². The zero-order chi connectivity index (χ0) is 12.6. The molecule has 0 aliphatic heterocycles. The van der Waals surface area contributed by atoms with E-state index in [1.54, 1.807) is 17.4 Å². The Labute approximate surface area is 123 Å². The summed E-state index contributed by atoms with van der Waals surface area (Å²) in [5.41, 5.74) is 1.99. The minimum absolute atomic E-state index is 0.434. The molecule has 90 valence electrons. The quantitative estimate of drug-likeness (QED) is 0.646. The van der Waals surface area contributed by atoms with Crippen LogP contribution in [0.2, 0.25) is 10.0 Å². The highest BCUT2D eigenvalue weighted by Crippen LogP contribution is 2.37. The molecule has 0 unspecified atom stereocenters. The smallest absolute Gasteiger partial charge is 0.160 e. The topological polar surface area (TPSA) is 12.9 Å². The fourth-order valence-electron chi connectivity index (χ4n) is 1.55. The van der Waals surface area contributed by atoms with E-state index in [0.29, 0.717) is 16.0 Å². The van der Waals surface area contributed by atoms with Gasteiger partial charge in [-0.15, -0.1) is 11.3 Å². The number of thiazole rings is 1. The van der Waals surface area contributed by atoms with E-state index in [0.717, 1.165) is 15.2 Å². The van der Waals surface area contributed by atoms with Crippen molar-refractivity contribution in [3.8, 4) is 11.3 Å². The maximum atomic E-state index is 6.03. The van der Waals surface area contributed by atoms with Crippen molar-refractivity contribution >= 4 is 50.5 Å². The molecule has 1 nitrogen and oxygen atoms in total. The van der Waals surface area contributed by atoms with Gasteiger partial charge in [-0.05, 0) is 34.0 Å². The second kappa shape index (κ2) is 5.27. The molecule has 17 heavy (non-hydrogen) atoms. The second-order valence-corrected chi connectivity index (χ2v) is 7.08. The van der Waals surface area contributed by atoms with Crippen molar-refractivity contribution in [3.63, 3.8) is 0 Å². The Morgan fingerprint density at radius 3 is 2.53 bits per heavy atom. The molecule has 0 amide bonds. The Morgan fingerprint density at radius 1 is 1.24 bits per heavy atom. The van der Waals surface area contributed by atoms with Crippen molar-refractivity contribution in [2.75, 3.05) is 0 Å². The molecule has 0 aliphatic rings. The van der Waals surface area contributed by atoms with E-state index in [9.17, 15) is 0 Å². The molecule has 2 aromatic rings. The van der Waals surface area contributed by atoms with Gasteiger partial charge in [0.15, 0.2) is 3.92 Å². The fraction of sp³-hybridized carbons (Fsp3) is 0.250. The third-order valence-corrected chi connectivity index (χ3v) is 4.89. The highest BCUT2D eigenvalue weighted by Gasteiger charge is 2.15. The highest BCUT2D eigenvalue weighted by atomic mass is 79.9. The molecule has 1 heterocycles. The number of nitrogens with zero attached hydrogens (tertiary/aromatic N) is 1. The summed E-state index contributed by atoms with van der Waals surface area (Å²) in [4.78, 5) is 5.75. The molecule has 0 N–H and O–H groups in total. The predicted octanol–water partition coefficient (Wildman–Crippen LogP) is 6.00. The van der Waals surface area contributed by atoms with E-state index in [1.165, 1.54) is 4.88 Å². The summed E-state index contributed by atoms with van der Waals surface area (Å²) in [6.45, 7) is 4.31. The molecular formula is C12H10BrCl2NS. The molecule has 5 heteroatoms. The molecular weight excluding hydrogens is 341 g/mol. The summed E-state index contributed by atoms with van der Waals surface area (Å²) in [5.74, 6) is 0.434. The van der Waals surface area contributed by atoms with Crippen LogP contribution < -0.4 is 0 Å². The molecule has 0 saturated heterocycles. The van der Waals surface area contributed by atoms with Gasteiger partial charge in [-0.1, -0.05) is 43.1 Å². The second-order valence-electron chi connectivity index (χ2n) is 3.96. The van der Waals surface area contributed by atoms with E-state index in [1.807, 2.05) is 12.1 Å². The summed E-state index contributed by atoms with van der Waals surface area (Å²) in [6.07, 6.45) is 0. The normalized spacial score (nSPS) is 11.2. The van der Waals surface area contributed by atoms with Gasteiger partial charge in [-0.2, -0.15) is 0 Å². The minimum atomic E-state index is 0.434. The number of aromatic nitrogens is 1. The van der Waals surface area contributed by atoms with Gasteiger partial charge in [-0.25, -0.2) is 4.98 Å². The zero-order valence-corrected chi connectivity index (χ0v) is 13.2. The monoisotopic (exact) mass is 349 g/mol. The van der Waals surface area contributed by atoms with Gasteiger partial charge in [0.2, 0.25) is 0 Å². The van der Waals surface area contributed by atoms with Crippen molar-refractivity contribution in [1.82, 2.24) is 4.98 Å². The fourth-order valence-corrected chi connectivity index (χ4v) is 3.36. The minimum Gasteiger partial charge on any atom is -0.229 e. The SMILES string of the molecule is CC(C)c1sc(Br)nc1-c1ccc(Cl)c(Cl)c1. The van der Waals surface area contributed by atoms with Crippen molar-refractivity contribution in [3.05, 3.63) is 37.0 Å². The Balaban J connectivity index is 2.55. The Bertz CT molecular complexity index is 551. The maximum absolute atomic E-state index is 6.03. The van der Waals surface area contributed by atoms with Crippen LogP contribution in [0.3, 0.4) is 0 Å². The molecule has 1 aromatic heterocycles. The van der Waals surface area contributed by atoms with Crippen LogP contribution in [-0.4, -0.2) is 4.98 Å². The van der Waals surface area contributed by atoms with Gasteiger partial charge in [0.05, 0.1) is 15.7 Å². The van der Waals surface area contributed by atoms with Crippen molar-refractivity contribution < 1.29 is 0 Å². The first-order valence-corrected chi connectivity index (χ1v) is 7.47. The van der Waals surface area contributed by atoms with Gasteiger partial charge in [0.1, 0.15) is 0 Å². The number of hydrogen-bond donors (Lipinski definition) is 0. The number of rotatable bonds is 2. The first-order valence-electron chi connectivity index (χ1n) is 5.10. The van der Waals surface area contributed by atoms with Crippen LogP contribution in [0.25, 0.3) is 11.3 Å². The first-order chi connectivity index (χ1) is 7.99. The lowest BCUT2D eigenvalue weighted by Crippen LogP contribution is -1.88. The molecule has 0 radical (unpaired) electrons. The predicted molar refractivity (Wildman–Crippen MR) is 79.4 cm³/mol. The lowest BCUT2D eigenvalue weighted by molar-refractivity contribution is 0.888. The number of halogens is 3. The van der Waals surface area contributed by atoms with Crippen LogP contribution in [0, 0.1) is 0 Å². The van der Waals surface area contributed by atoms with Gasteiger partial charge in [0, 0.05) is 10.4 Å². The lowest BCUT2D eigenvalue weighted by atomic mass is 10.1. The molecule has 0 atom stereocenters. The van der Waals surface area contributed by atoms with Crippen molar-refractivity contribution in [1.29, 1.82) is 0 Å². The van der Waals surface area contributed by atoms with E-state index in [4.69, 9.17) is 23.2 Å². The van der Waals surface area contributed by atoms with Crippen LogP contribution in [-0.2, 0) is 0 Å². The van der Waals surface area contributed by atoms with Crippen LogP contribution >= 0.6 is 50.5 Å². The molecule has 1 aromatic carbocycles. The lowest BCUT2D eigenvalue weighted by Gasteiger charge is -2.06. The van der Waals surface area contributed by atoms with Gasteiger partial charge in [-0.3, -0.25) is 0 Å². The Kier molecular flexibility index (Phi) is 4.14. The van der Waals surface area contributed by atoms with Crippen molar-refractivity contribution in [2.45, 2.75) is 19.8 Å². The van der Waals surface area contributed by atoms with Crippen LogP contribution in [0.15, 0.2) is 22.1 Å². The zero-order valence-electron chi connectivity index (χ0n) is 9.30. The largest absolute Gasteiger partial charge is 0.229 e.